The highest BCUT2D eigenvalue weighted by Gasteiger charge is 2.16. The lowest BCUT2D eigenvalue weighted by molar-refractivity contribution is 0.0691. The summed E-state index contributed by atoms with van der Waals surface area (Å²) in [5.74, 6) is -2.49. The van der Waals surface area contributed by atoms with E-state index < -0.39 is 17.7 Å². The Balaban J connectivity index is 2.30. The van der Waals surface area contributed by atoms with Crippen LogP contribution in [0.3, 0.4) is 0 Å². The largest absolute Gasteiger partial charge is 0.476 e. The SMILES string of the molecule is O=C(Nc1cccnc1C(=O)O)c1ccc(F)cc1Cl. The van der Waals surface area contributed by atoms with Crippen molar-refractivity contribution in [1.82, 2.24) is 4.98 Å². The number of carboxylic acid groups (broad SMARTS) is 1. The topological polar surface area (TPSA) is 79.3 Å². The lowest BCUT2D eigenvalue weighted by Crippen LogP contribution is -2.16. The van der Waals surface area contributed by atoms with Gasteiger partial charge in [-0.1, -0.05) is 11.6 Å². The summed E-state index contributed by atoms with van der Waals surface area (Å²) >= 11 is 5.76. The molecule has 0 saturated heterocycles. The molecule has 2 N–H and O–H groups in total. The van der Waals surface area contributed by atoms with Gasteiger partial charge in [-0.15, -0.1) is 0 Å². The smallest absolute Gasteiger partial charge is 0.356 e. The maximum absolute atomic E-state index is 12.9. The number of halogens is 2. The molecule has 102 valence electrons. The maximum atomic E-state index is 12.9. The molecule has 0 atom stereocenters. The van der Waals surface area contributed by atoms with Crippen LogP contribution >= 0.6 is 11.6 Å². The summed E-state index contributed by atoms with van der Waals surface area (Å²) in [6.45, 7) is 0. The average molecular weight is 295 g/mol. The van der Waals surface area contributed by atoms with Crippen LogP contribution in [0.4, 0.5) is 10.1 Å². The van der Waals surface area contributed by atoms with Gasteiger partial charge in [0.2, 0.25) is 0 Å². The van der Waals surface area contributed by atoms with Gasteiger partial charge in [0.15, 0.2) is 5.69 Å². The standard InChI is InChI=1S/C13H8ClFN2O3/c14-9-6-7(15)3-4-8(9)12(18)17-10-2-1-5-16-11(10)13(19)20/h1-6H,(H,17,18)(H,19,20). The monoisotopic (exact) mass is 294 g/mol. The van der Waals surface area contributed by atoms with E-state index >= 15 is 0 Å². The quantitative estimate of drug-likeness (QED) is 0.912. The van der Waals surface area contributed by atoms with Gasteiger partial charge in [-0.25, -0.2) is 14.2 Å². The van der Waals surface area contributed by atoms with Crippen molar-refractivity contribution < 1.29 is 19.1 Å². The second kappa shape index (κ2) is 5.66. The Hall–Kier alpha value is -2.47. The number of rotatable bonds is 3. The van der Waals surface area contributed by atoms with Crippen molar-refractivity contribution in [3.63, 3.8) is 0 Å². The summed E-state index contributed by atoms with van der Waals surface area (Å²) in [4.78, 5) is 26.6. The molecule has 1 aromatic carbocycles. The van der Waals surface area contributed by atoms with Crippen LogP contribution < -0.4 is 5.32 Å². The van der Waals surface area contributed by atoms with E-state index in [0.29, 0.717) is 0 Å². The van der Waals surface area contributed by atoms with Gasteiger partial charge in [0.05, 0.1) is 16.3 Å². The van der Waals surface area contributed by atoms with Crippen molar-refractivity contribution >= 4 is 29.2 Å². The second-order valence-corrected chi connectivity index (χ2v) is 4.19. The van der Waals surface area contributed by atoms with Crippen LogP contribution in [0.5, 0.6) is 0 Å². The molecule has 0 saturated carbocycles. The van der Waals surface area contributed by atoms with Crippen LogP contribution in [0.25, 0.3) is 0 Å². The first-order valence-corrected chi connectivity index (χ1v) is 5.81. The summed E-state index contributed by atoms with van der Waals surface area (Å²) < 4.78 is 12.9. The van der Waals surface area contributed by atoms with Crippen LogP contribution in [-0.4, -0.2) is 22.0 Å². The third-order valence-electron chi connectivity index (χ3n) is 2.43. The fraction of sp³-hybridized carbons (Fsp3) is 0. The molecule has 0 unspecified atom stereocenters. The van der Waals surface area contributed by atoms with Crippen molar-refractivity contribution in [3.8, 4) is 0 Å². The summed E-state index contributed by atoms with van der Waals surface area (Å²) in [7, 11) is 0. The first kappa shape index (κ1) is 14.0. The number of benzene rings is 1. The fourth-order valence-corrected chi connectivity index (χ4v) is 1.79. The molecule has 2 rings (SSSR count). The number of carbonyl (C=O) groups excluding carboxylic acids is 1. The van der Waals surface area contributed by atoms with Crippen LogP contribution in [0, 0.1) is 5.82 Å². The molecule has 0 radical (unpaired) electrons. The summed E-state index contributed by atoms with van der Waals surface area (Å²) in [6, 6.07) is 6.17. The highest BCUT2D eigenvalue weighted by atomic mass is 35.5. The highest BCUT2D eigenvalue weighted by molar-refractivity contribution is 6.34. The molecule has 0 spiro atoms. The number of hydrogen-bond donors (Lipinski definition) is 2. The second-order valence-electron chi connectivity index (χ2n) is 3.78. The number of pyridine rings is 1. The van der Waals surface area contributed by atoms with Crippen LogP contribution in [0.15, 0.2) is 36.5 Å². The van der Waals surface area contributed by atoms with E-state index in [1.165, 1.54) is 24.4 Å². The number of amides is 1. The van der Waals surface area contributed by atoms with E-state index in [1.807, 2.05) is 0 Å². The molecule has 1 heterocycles. The number of nitrogens with one attached hydrogen (secondary N) is 1. The zero-order valence-electron chi connectivity index (χ0n) is 9.93. The minimum Gasteiger partial charge on any atom is -0.476 e. The van der Waals surface area contributed by atoms with E-state index in [2.05, 4.69) is 10.3 Å². The lowest BCUT2D eigenvalue weighted by Gasteiger charge is -2.08. The molecule has 7 heteroatoms. The van der Waals surface area contributed by atoms with Crippen molar-refractivity contribution in [1.29, 1.82) is 0 Å². The zero-order chi connectivity index (χ0) is 14.7. The Morgan fingerprint density at radius 1 is 1.30 bits per heavy atom. The minimum absolute atomic E-state index is 0.0328. The number of nitrogens with zero attached hydrogens (tertiary/aromatic N) is 1. The van der Waals surface area contributed by atoms with Crippen LogP contribution in [-0.2, 0) is 0 Å². The van der Waals surface area contributed by atoms with Crippen molar-refractivity contribution in [3.05, 3.63) is 58.6 Å². The summed E-state index contributed by atoms with van der Waals surface area (Å²) in [5, 5.41) is 11.3. The normalized spacial score (nSPS) is 10.1. The maximum Gasteiger partial charge on any atom is 0.356 e. The number of aromatic carboxylic acids is 1. The first-order valence-electron chi connectivity index (χ1n) is 5.44. The Labute approximate surface area is 118 Å². The number of anilines is 1. The first-order chi connectivity index (χ1) is 9.49. The fourth-order valence-electron chi connectivity index (χ4n) is 1.54. The molecule has 1 aromatic heterocycles. The van der Waals surface area contributed by atoms with Crippen LogP contribution in [0.2, 0.25) is 5.02 Å². The molecular weight excluding hydrogens is 287 g/mol. The van der Waals surface area contributed by atoms with E-state index in [1.54, 1.807) is 0 Å². The third-order valence-corrected chi connectivity index (χ3v) is 2.75. The predicted molar refractivity (Wildman–Crippen MR) is 70.6 cm³/mol. The number of hydrogen-bond acceptors (Lipinski definition) is 3. The Morgan fingerprint density at radius 2 is 2.05 bits per heavy atom. The predicted octanol–water partition coefficient (Wildman–Crippen LogP) is 2.82. The molecule has 2 aromatic rings. The molecule has 0 aliphatic carbocycles. The highest BCUT2D eigenvalue weighted by Crippen LogP contribution is 2.20. The number of carbonyl (C=O) groups is 2. The van der Waals surface area contributed by atoms with Gasteiger partial charge >= 0.3 is 5.97 Å². The molecule has 0 aliphatic rings. The van der Waals surface area contributed by atoms with E-state index in [-0.39, 0.29) is 22.0 Å². The van der Waals surface area contributed by atoms with Gasteiger partial charge in [-0.05, 0) is 30.3 Å². The Bertz CT molecular complexity index is 691. The van der Waals surface area contributed by atoms with Gasteiger partial charge in [-0.3, -0.25) is 4.79 Å². The van der Waals surface area contributed by atoms with Crippen LogP contribution in [0.1, 0.15) is 20.8 Å². The Morgan fingerprint density at radius 3 is 2.70 bits per heavy atom. The summed E-state index contributed by atoms with van der Waals surface area (Å²) in [6.07, 6.45) is 1.30. The van der Waals surface area contributed by atoms with E-state index in [9.17, 15) is 14.0 Å². The molecule has 0 fully saturated rings. The van der Waals surface area contributed by atoms with Gasteiger partial charge in [0.1, 0.15) is 5.82 Å². The molecular formula is C13H8ClFN2O3. The molecule has 5 nitrogen and oxygen atoms in total. The molecule has 0 aliphatic heterocycles. The number of aromatic nitrogens is 1. The lowest BCUT2D eigenvalue weighted by atomic mass is 10.2. The average Bonchev–Trinajstić information content (AvgIpc) is 2.38. The minimum atomic E-state index is -1.27. The van der Waals surface area contributed by atoms with E-state index in [0.717, 1.165) is 12.1 Å². The van der Waals surface area contributed by atoms with Gasteiger partial charge in [-0.2, -0.15) is 0 Å². The van der Waals surface area contributed by atoms with Crippen molar-refractivity contribution in [2.75, 3.05) is 5.32 Å². The van der Waals surface area contributed by atoms with Crippen molar-refractivity contribution in [2.24, 2.45) is 0 Å². The molecule has 1 amide bonds. The van der Waals surface area contributed by atoms with Gasteiger partial charge < -0.3 is 10.4 Å². The molecule has 20 heavy (non-hydrogen) atoms. The molecule has 0 bridgehead atoms. The third kappa shape index (κ3) is 2.92. The van der Waals surface area contributed by atoms with Crippen molar-refractivity contribution in [2.45, 2.75) is 0 Å². The van der Waals surface area contributed by atoms with Gasteiger partial charge in [0, 0.05) is 6.20 Å². The Kier molecular flexibility index (Phi) is 3.95. The van der Waals surface area contributed by atoms with E-state index in [4.69, 9.17) is 16.7 Å². The summed E-state index contributed by atoms with van der Waals surface area (Å²) in [5.41, 5.74) is -0.224. The van der Waals surface area contributed by atoms with Gasteiger partial charge in [0.25, 0.3) is 5.91 Å². The zero-order valence-corrected chi connectivity index (χ0v) is 10.7. The number of carboxylic acids is 1.